The maximum absolute atomic E-state index is 13.4. The molecule has 0 N–H and O–H groups in total. The molecule has 1 nitrogen and oxygen atoms in total. The van der Waals surface area contributed by atoms with Gasteiger partial charge in [0.1, 0.15) is 5.82 Å². The van der Waals surface area contributed by atoms with E-state index in [4.69, 9.17) is 0 Å². The number of hydrogen-bond acceptors (Lipinski definition) is 1. The van der Waals surface area contributed by atoms with Crippen LogP contribution >= 0.6 is 12.4 Å². The van der Waals surface area contributed by atoms with Crippen molar-refractivity contribution < 1.29 is 4.39 Å². The lowest BCUT2D eigenvalue weighted by molar-refractivity contribution is 0.273. The number of nitrogens with zero attached hydrogens (tertiary/aromatic N) is 1. The summed E-state index contributed by atoms with van der Waals surface area (Å²) in [7, 11) is 2.94. The Morgan fingerprint density at radius 2 is 1.79 bits per heavy atom. The van der Waals surface area contributed by atoms with Crippen LogP contribution in [0.2, 0.25) is 0 Å². The Hall–Kier alpha value is -0.383. The van der Waals surface area contributed by atoms with E-state index in [-0.39, 0.29) is 23.8 Å². The predicted octanol–water partition coefficient (Wildman–Crippen LogP) is 1.69. The van der Waals surface area contributed by atoms with Gasteiger partial charge in [0.25, 0.3) is 0 Å². The zero-order valence-electron chi connectivity index (χ0n) is 9.04. The van der Waals surface area contributed by atoms with Crippen LogP contribution in [0.5, 0.6) is 0 Å². The van der Waals surface area contributed by atoms with Gasteiger partial charge in [-0.05, 0) is 27.0 Å². The van der Waals surface area contributed by atoms with Crippen LogP contribution in [0.4, 0.5) is 4.39 Å². The number of benzene rings is 1. The molecule has 0 aromatic heterocycles. The maximum atomic E-state index is 13.4. The van der Waals surface area contributed by atoms with Gasteiger partial charge >= 0.3 is 0 Å². The normalized spacial score (nSPS) is 11.5. The van der Waals surface area contributed by atoms with Crippen LogP contribution in [-0.2, 0) is 5.54 Å². The summed E-state index contributed by atoms with van der Waals surface area (Å²) in [5.41, 5.74) is 0.574. The van der Waals surface area contributed by atoms with E-state index >= 15 is 0 Å². The summed E-state index contributed by atoms with van der Waals surface area (Å²) >= 11 is 0. The van der Waals surface area contributed by atoms with Crippen LogP contribution in [0.25, 0.3) is 0 Å². The Labute approximate surface area is 94.2 Å². The van der Waals surface area contributed by atoms with E-state index in [2.05, 4.69) is 4.57 Å². The van der Waals surface area contributed by atoms with Crippen molar-refractivity contribution >= 4 is 22.8 Å². The molecule has 0 aliphatic rings. The summed E-state index contributed by atoms with van der Waals surface area (Å²) in [6.45, 7) is 4.08. The molecule has 0 aliphatic heterocycles. The van der Waals surface area contributed by atoms with Crippen molar-refractivity contribution in [2.75, 3.05) is 7.05 Å². The maximum Gasteiger partial charge on any atom is 0.128 e. The molecule has 0 heterocycles. The average molecular weight is 234 g/mol. The van der Waals surface area contributed by atoms with Crippen LogP contribution in [0.1, 0.15) is 19.4 Å². The van der Waals surface area contributed by atoms with Gasteiger partial charge in [0.2, 0.25) is 0 Å². The summed E-state index contributed by atoms with van der Waals surface area (Å²) in [6.07, 6.45) is 0. The molecule has 0 unspecified atom stereocenters. The molecule has 0 atom stereocenters. The van der Waals surface area contributed by atoms with E-state index in [1.54, 1.807) is 6.07 Å². The van der Waals surface area contributed by atoms with Gasteiger partial charge < -0.3 is 4.57 Å². The van der Waals surface area contributed by atoms with Gasteiger partial charge in [-0.2, -0.15) is 0 Å². The van der Waals surface area contributed by atoms with Gasteiger partial charge in [0.05, 0.1) is 10.4 Å². The van der Waals surface area contributed by atoms with E-state index in [1.807, 2.05) is 33.0 Å². The smallest absolute Gasteiger partial charge is 0.128 e. The fraction of sp³-hybridized carbons (Fsp3) is 0.400. The quantitative estimate of drug-likeness (QED) is 0.703. The lowest BCUT2D eigenvalue weighted by Crippen LogP contribution is -2.37. The van der Waals surface area contributed by atoms with E-state index < -0.39 is 0 Å². The van der Waals surface area contributed by atoms with Gasteiger partial charge in [-0.3, -0.25) is 0 Å². The van der Waals surface area contributed by atoms with Crippen molar-refractivity contribution in [1.82, 2.24) is 4.57 Å². The average Bonchev–Trinajstić information content (AvgIpc) is 2.04. The molecule has 1 aromatic rings. The highest BCUT2D eigenvalue weighted by Gasteiger charge is 2.25. The van der Waals surface area contributed by atoms with E-state index in [0.29, 0.717) is 0 Å². The molecule has 0 radical (unpaired) electrons. The van der Waals surface area contributed by atoms with Crippen LogP contribution in [0.3, 0.4) is 0 Å². The molecular weight excluding hydrogens is 217 g/mol. The minimum Gasteiger partial charge on any atom is -0.326 e. The summed E-state index contributed by atoms with van der Waals surface area (Å²) in [6, 6.07) is 6.97. The van der Waals surface area contributed by atoms with Crippen LogP contribution in [-0.4, -0.2) is 22.0 Å². The van der Waals surface area contributed by atoms with Crippen LogP contribution < -0.4 is 0 Å². The highest BCUT2D eigenvalue weighted by atomic mass is 35.5. The molecule has 14 heavy (non-hydrogen) atoms. The number of rotatable bonds is 2. The van der Waals surface area contributed by atoms with Crippen LogP contribution in [0.15, 0.2) is 24.3 Å². The fourth-order valence-electron chi connectivity index (χ4n) is 1.20. The predicted molar refractivity (Wildman–Crippen MR) is 64.4 cm³/mol. The molecule has 80 valence electrons. The SMILES string of the molecule is CN([SiH3])C(C)(C)c1ccccc1F.Cl. The highest BCUT2D eigenvalue weighted by molar-refractivity contribution is 6.04. The topological polar surface area (TPSA) is 3.24 Å². The molecule has 0 fully saturated rings. The fourth-order valence-corrected chi connectivity index (χ4v) is 1.44. The van der Waals surface area contributed by atoms with Gasteiger partial charge in [-0.25, -0.2) is 4.39 Å². The third-order valence-corrected chi connectivity index (χ3v) is 3.77. The Morgan fingerprint density at radius 1 is 1.29 bits per heavy atom. The summed E-state index contributed by atoms with van der Waals surface area (Å²) in [5.74, 6) is -0.116. The third-order valence-electron chi connectivity index (χ3n) is 2.65. The molecule has 4 heteroatoms. The molecule has 0 bridgehead atoms. The number of hydrogen-bond donors (Lipinski definition) is 0. The first-order valence-electron chi connectivity index (χ1n) is 4.38. The van der Waals surface area contributed by atoms with Gasteiger partial charge in [-0.15, -0.1) is 12.4 Å². The zero-order valence-corrected chi connectivity index (χ0v) is 11.9. The first-order valence-corrected chi connectivity index (χ1v) is 5.28. The second-order valence-electron chi connectivity index (χ2n) is 3.93. The lowest BCUT2D eigenvalue weighted by Gasteiger charge is -2.33. The summed E-state index contributed by atoms with van der Waals surface area (Å²) in [5, 5.41) is 0. The van der Waals surface area contributed by atoms with E-state index in [0.717, 1.165) is 16.0 Å². The van der Waals surface area contributed by atoms with Crippen molar-refractivity contribution in [3.05, 3.63) is 35.6 Å². The van der Waals surface area contributed by atoms with Gasteiger partial charge in [0, 0.05) is 11.1 Å². The third kappa shape index (κ3) is 2.56. The summed E-state index contributed by atoms with van der Waals surface area (Å²) < 4.78 is 15.6. The van der Waals surface area contributed by atoms with Crippen molar-refractivity contribution in [3.63, 3.8) is 0 Å². The minimum atomic E-state index is -0.197. The van der Waals surface area contributed by atoms with Gasteiger partial charge in [0.15, 0.2) is 0 Å². The second-order valence-corrected chi connectivity index (χ2v) is 5.27. The Balaban J connectivity index is 0.00000169. The second kappa shape index (κ2) is 4.91. The zero-order chi connectivity index (χ0) is 10.1. The minimum absolute atomic E-state index is 0. The standard InChI is InChI=1S/C10H16FNSi.ClH/c1-10(2,12(3)13)8-6-4-5-7-9(8)11;/h4-7H,1-3,13H3;1H. The lowest BCUT2D eigenvalue weighted by atomic mass is 9.94. The molecule has 0 saturated heterocycles. The molecule has 0 saturated carbocycles. The molecule has 0 aliphatic carbocycles. The molecule has 0 spiro atoms. The molecule has 1 rings (SSSR count). The monoisotopic (exact) mass is 233 g/mol. The molecular formula is C10H17ClFNSi. The first kappa shape index (κ1) is 13.6. The summed E-state index contributed by atoms with van der Waals surface area (Å²) in [4.78, 5) is 0. The Kier molecular flexibility index (Phi) is 4.78. The number of halogens is 2. The van der Waals surface area contributed by atoms with Gasteiger partial charge in [-0.1, -0.05) is 18.2 Å². The van der Waals surface area contributed by atoms with Crippen LogP contribution in [0, 0.1) is 5.82 Å². The van der Waals surface area contributed by atoms with Crippen molar-refractivity contribution in [2.24, 2.45) is 0 Å². The van der Waals surface area contributed by atoms with E-state index in [9.17, 15) is 4.39 Å². The Morgan fingerprint density at radius 3 is 2.21 bits per heavy atom. The van der Waals surface area contributed by atoms with Crippen molar-refractivity contribution in [2.45, 2.75) is 19.4 Å². The highest BCUT2D eigenvalue weighted by Crippen LogP contribution is 2.26. The van der Waals surface area contributed by atoms with Crippen molar-refractivity contribution in [3.8, 4) is 0 Å². The molecule has 1 aromatic carbocycles. The molecule has 0 amide bonds. The first-order chi connectivity index (χ1) is 5.96. The van der Waals surface area contributed by atoms with Crippen molar-refractivity contribution in [1.29, 1.82) is 0 Å². The van der Waals surface area contributed by atoms with E-state index in [1.165, 1.54) is 6.07 Å². The largest absolute Gasteiger partial charge is 0.326 e. The Bertz CT molecular complexity index is 302.